The highest BCUT2D eigenvalue weighted by atomic mass is 16.7. The lowest BCUT2D eigenvalue weighted by atomic mass is 9.46. The van der Waals surface area contributed by atoms with E-state index in [0.717, 1.165) is 64.2 Å². The van der Waals surface area contributed by atoms with Gasteiger partial charge in [-0.3, -0.25) is 4.79 Å². The Balaban J connectivity index is 1.46. The van der Waals surface area contributed by atoms with Crippen molar-refractivity contribution < 1.29 is 39.8 Å². The Hall–Kier alpha value is -0.870. The Kier molecular flexibility index (Phi) is 10.2. The molecule has 0 aromatic rings. The quantitative estimate of drug-likeness (QED) is 0.236. The Morgan fingerprint density at radius 2 is 1.84 bits per heavy atom. The first-order valence-corrected chi connectivity index (χ1v) is 17.1. The first kappa shape index (κ1) is 33.5. The van der Waals surface area contributed by atoms with E-state index in [0.29, 0.717) is 29.6 Å². The van der Waals surface area contributed by atoms with Crippen LogP contribution in [-0.2, 0) is 14.3 Å². The molecule has 15 atom stereocenters. The molecule has 5 aliphatic rings. The fourth-order valence-corrected chi connectivity index (χ4v) is 10.6. The molecule has 0 aromatic heterocycles. The molecule has 0 amide bonds. The van der Waals surface area contributed by atoms with Crippen molar-refractivity contribution >= 4 is 5.78 Å². The Bertz CT molecular complexity index is 1020. The Morgan fingerprint density at radius 3 is 2.51 bits per heavy atom. The van der Waals surface area contributed by atoms with Crippen molar-refractivity contribution in [3.63, 3.8) is 0 Å². The molecular formula is C35H58O8. The van der Waals surface area contributed by atoms with Crippen molar-refractivity contribution in [1.29, 1.82) is 0 Å². The number of carbonyl (C=O) groups excluding carboxylic acids is 1. The number of Topliss-reactive ketones (excluding diaryl/α,β-unsaturated/α-hetero) is 1. The normalized spacial score (nSPS) is 47.6. The highest BCUT2D eigenvalue weighted by Gasteiger charge is 2.63. The van der Waals surface area contributed by atoms with Gasteiger partial charge in [-0.2, -0.15) is 0 Å². The van der Waals surface area contributed by atoms with Gasteiger partial charge in [0, 0.05) is 6.61 Å². The van der Waals surface area contributed by atoms with Crippen LogP contribution in [0.5, 0.6) is 0 Å². The molecule has 246 valence electrons. The van der Waals surface area contributed by atoms with E-state index in [9.17, 15) is 30.3 Å². The molecule has 0 aromatic carbocycles. The Labute approximate surface area is 258 Å². The summed E-state index contributed by atoms with van der Waals surface area (Å²) in [6.07, 6.45) is 7.07. The van der Waals surface area contributed by atoms with Gasteiger partial charge < -0.3 is 35.0 Å². The van der Waals surface area contributed by atoms with E-state index >= 15 is 0 Å². The van der Waals surface area contributed by atoms with Crippen molar-refractivity contribution in [2.75, 3.05) is 13.2 Å². The van der Waals surface area contributed by atoms with Crippen LogP contribution in [0.4, 0.5) is 0 Å². The van der Waals surface area contributed by atoms with Gasteiger partial charge >= 0.3 is 0 Å². The summed E-state index contributed by atoms with van der Waals surface area (Å²) in [4.78, 5) is 12.8. The van der Waals surface area contributed by atoms with Crippen molar-refractivity contribution in [2.45, 2.75) is 136 Å². The molecule has 3 saturated carbocycles. The molecule has 8 heteroatoms. The maximum absolute atomic E-state index is 12.8. The molecule has 8 nitrogen and oxygen atoms in total. The SMILES string of the molecule is CC(=O)C1C(OC2CC(C(C)CCCC(C)CO)C3(C)CCC4C(CC=C5CC(O)CCC54C)C23)OC(CO)C(O)C1O. The van der Waals surface area contributed by atoms with E-state index in [2.05, 4.69) is 33.8 Å². The van der Waals surface area contributed by atoms with E-state index < -0.39 is 37.1 Å². The van der Waals surface area contributed by atoms with Crippen LogP contribution >= 0.6 is 0 Å². The lowest BCUT2D eigenvalue weighted by Gasteiger charge is -2.59. The fraction of sp³-hybridized carbons (Fsp3) is 0.914. The van der Waals surface area contributed by atoms with E-state index in [-0.39, 0.29) is 41.3 Å². The number of aliphatic hydroxyl groups is 5. The molecule has 5 N–H and O–H groups in total. The summed E-state index contributed by atoms with van der Waals surface area (Å²) < 4.78 is 12.9. The highest BCUT2D eigenvalue weighted by Crippen LogP contribution is 2.68. The largest absolute Gasteiger partial charge is 0.396 e. The van der Waals surface area contributed by atoms with Gasteiger partial charge in [0.05, 0.1) is 30.8 Å². The van der Waals surface area contributed by atoms with Crippen molar-refractivity contribution in [3.05, 3.63) is 11.6 Å². The molecule has 4 fully saturated rings. The molecule has 0 spiro atoms. The second-order valence-corrected chi connectivity index (χ2v) is 15.7. The summed E-state index contributed by atoms with van der Waals surface area (Å²) in [5.74, 6) is 1.02. The number of rotatable bonds is 10. The zero-order valence-electron chi connectivity index (χ0n) is 27.0. The second-order valence-electron chi connectivity index (χ2n) is 15.7. The molecular weight excluding hydrogens is 548 g/mol. The third kappa shape index (κ3) is 6.04. The molecule has 4 aliphatic carbocycles. The predicted molar refractivity (Wildman–Crippen MR) is 163 cm³/mol. The van der Waals surface area contributed by atoms with Gasteiger partial charge in [0.2, 0.25) is 0 Å². The van der Waals surface area contributed by atoms with E-state index in [1.807, 2.05) is 0 Å². The van der Waals surface area contributed by atoms with Gasteiger partial charge in [-0.1, -0.05) is 52.2 Å². The van der Waals surface area contributed by atoms with Gasteiger partial charge in [0.1, 0.15) is 18.0 Å². The van der Waals surface area contributed by atoms with Crippen molar-refractivity contribution in [2.24, 2.45) is 52.3 Å². The average Bonchev–Trinajstić information content (AvgIpc) is 3.26. The average molecular weight is 607 g/mol. The first-order chi connectivity index (χ1) is 20.3. The minimum atomic E-state index is -1.36. The van der Waals surface area contributed by atoms with Crippen LogP contribution in [0.15, 0.2) is 11.6 Å². The smallest absolute Gasteiger partial charge is 0.170 e. The molecule has 0 radical (unpaired) electrons. The van der Waals surface area contributed by atoms with Crippen LogP contribution in [0.1, 0.15) is 98.8 Å². The van der Waals surface area contributed by atoms with Crippen molar-refractivity contribution in [1.82, 2.24) is 0 Å². The van der Waals surface area contributed by atoms with Crippen LogP contribution in [-0.4, -0.2) is 81.3 Å². The summed E-state index contributed by atoms with van der Waals surface area (Å²) in [6.45, 7) is 10.5. The number of ketones is 1. The van der Waals surface area contributed by atoms with Crippen LogP contribution in [0.2, 0.25) is 0 Å². The molecule has 15 unspecified atom stereocenters. The third-order valence-electron chi connectivity index (χ3n) is 13.1. The maximum Gasteiger partial charge on any atom is 0.170 e. The number of aliphatic hydroxyl groups excluding tert-OH is 5. The maximum atomic E-state index is 12.8. The molecule has 1 heterocycles. The summed E-state index contributed by atoms with van der Waals surface area (Å²) in [7, 11) is 0. The minimum absolute atomic E-state index is 0.0403. The lowest BCUT2D eigenvalue weighted by molar-refractivity contribution is -0.297. The van der Waals surface area contributed by atoms with Crippen LogP contribution in [0.25, 0.3) is 0 Å². The zero-order valence-corrected chi connectivity index (χ0v) is 27.0. The van der Waals surface area contributed by atoms with Crippen molar-refractivity contribution in [3.8, 4) is 0 Å². The highest BCUT2D eigenvalue weighted by molar-refractivity contribution is 5.79. The Morgan fingerprint density at radius 1 is 1.09 bits per heavy atom. The van der Waals surface area contributed by atoms with Gasteiger partial charge in [0.25, 0.3) is 0 Å². The summed E-state index contributed by atoms with van der Waals surface area (Å²) >= 11 is 0. The van der Waals surface area contributed by atoms with Crippen LogP contribution < -0.4 is 0 Å². The number of ether oxygens (including phenoxy) is 2. The van der Waals surface area contributed by atoms with Gasteiger partial charge in [-0.15, -0.1) is 0 Å². The van der Waals surface area contributed by atoms with Gasteiger partial charge in [-0.25, -0.2) is 0 Å². The molecule has 43 heavy (non-hydrogen) atoms. The van der Waals surface area contributed by atoms with E-state index in [1.54, 1.807) is 0 Å². The van der Waals surface area contributed by atoms with Crippen LogP contribution in [0.3, 0.4) is 0 Å². The minimum Gasteiger partial charge on any atom is -0.396 e. The molecule has 5 rings (SSSR count). The standard InChI is InChI=1S/C35H58O8/c1-19(17-36)7-6-8-20(2)26-16-27(42-33-29(21(3)38)32(41)31(40)28(18-37)43-33)30-24-10-9-22-15-23(39)11-13-34(22,4)25(24)12-14-35(26,30)5/h9,19-20,23-33,36-37,39-41H,6-8,10-18H2,1-5H3. The topological polar surface area (TPSA) is 137 Å². The van der Waals surface area contributed by atoms with E-state index in [1.165, 1.54) is 12.5 Å². The summed E-state index contributed by atoms with van der Waals surface area (Å²) in [6, 6.07) is 0. The third-order valence-corrected chi connectivity index (χ3v) is 13.1. The predicted octanol–water partition coefficient (Wildman–Crippen LogP) is 4.00. The zero-order chi connectivity index (χ0) is 31.3. The number of carbonyl (C=O) groups is 1. The number of hydrogen-bond acceptors (Lipinski definition) is 8. The fourth-order valence-electron chi connectivity index (χ4n) is 10.6. The number of hydrogen-bond donors (Lipinski definition) is 5. The number of fused-ring (bicyclic) bond motifs is 5. The summed E-state index contributed by atoms with van der Waals surface area (Å²) in [5.41, 5.74) is 1.53. The lowest BCUT2D eigenvalue weighted by Crippen LogP contribution is -2.59. The van der Waals surface area contributed by atoms with Crippen LogP contribution in [0, 0.1) is 52.3 Å². The monoisotopic (exact) mass is 606 g/mol. The molecule has 1 saturated heterocycles. The van der Waals surface area contributed by atoms with E-state index in [4.69, 9.17) is 9.47 Å². The van der Waals surface area contributed by atoms with Gasteiger partial charge in [-0.05, 0) is 105 Å². The summed E-state index contributed by atoms with van der Waals surface area (Å²) in [5, 5.41) is 51.4. The molecule has 1 aliphatic heterocycles. The molecule has 0 bridgehead atoms. The van der Waals surface area contributed by atoms with Gasteiger partial charge in [0.15, 0.2) is 6.29 Å². The second kappa shape index (κ2) is 13.1. The number of allylic oxidation sites excluding steroid dienone is 1. The first-order valence-electron chi connectivity index (χ1n) is 17.1.